The number of hydrogen-bond acceptors (Lipinski definition) is 4. The van der Waals surface area contributed by atoms with Gasteiger partial charge in [0, 0.05) is 5.92 Å². The molecule has 1 unspecified atom stereocenters. The van der Waals surface area contributed by atoms with Crippen molar-refractivity contribution in [2.45, 2.75) is 33.1 Å². The van der Waals surface area contributed by atoms with Gasteiger partial charge in [0.1, 0.15) is 5.82 Å². The molecule has 2 aromatic heterocycles. The quantitative estimate of drug-likeness (QED) is 0.498. The van der Waals surface area contributed by atoms with E-state index in [0.717, 1.165) is 12.0 Å². The van der Waals surface area contributed by atoms with Crippen molar-refractivity contribution >= 4 is 22.4 Å². The van der Waals surface area contributed by atoms with Crippen molar-refractivity contribution in [1.82, 2.24) is 14.6 Å². The molecule has 1 atom stereocenters. The molecule has 0 radical (unpaired) electrons. The second-order valence-corrected chi connectivity index (χ2v) is 8.71. The van der Waals surface area contributed by atoms with E-state index in [4.69, 9.17) is 0 Å². The highest BCUT2D eigenvalue weighted by Gasteiger charge is 2.17. The number of rotatable bonds is 5. The average molecular weight is 408 g/mol. The van der Waals surface area contributed by atoms with Crippen molar-refractivity contribution in [1.29, 1.82) is 0 Å². The van der Waals surface area contributed by atoms with Crippen LogP contribution in [0.1, 0.15) is 49.2 Å². The Kier molecular flexibility index (Phi) is 5.28. The molecule has 0 aliphatic heterocycles. The lowest BCUT2D eigenvalue weighted by atomic mass is 9.96. The van der Waals surface area contributed by atoms with Gasteiger partial charge in [0.15, 0.2) is 5.82 Å². The molecule has 6 heteroatoms. The van der Waals surface area contributed by atoms with E-state index >= 15 is 0 Å². The molecular formula is C23H22FN3OS. The molecule has 0 fully saturated rings. The van der Waals surface area contributed by atoms with Crippen molar-refractivity contribution in [3.63, 3.8) is 0 Å². The van der Waals surface area contributed by atoms with Gasteiger partial charge in [-0.2, -0.15) is 4.52 Å². The number of benzene rings is 2. The summed E-state index contributed by atoms with van der Waals surface area (Å²) in [6.07, 6.45) is 2.72. The molecule has 4 rings (SSSR count). The lowest BCUT2D eigenvalue weighted by molar-refractivity contribution is 0.627. The third kappa shape index (κ3) is 4.12. The molecule has 0 saturated carbocycles. The second kappa shape index (κ2) is 7.87. The Hall–Kier alpha value is -2.86. The normalized spacial score (nSPS) is 13.5. The first-order valence-electron chi connectivity index (χ1n) is 9.66. The first-order chi connectivity index (χ1) is 13.9. The maximum atomic E-state index is 13.4. The number of aromatic nitrogens is 3. The maximum absolute atomic E-state index is 13.4. The lowest BCUT2D eigenvalue weighted by Gasteiger charge is -2.10. The van der Waals surface area contributed by atoms with Crippen LogP contribution < -0.4 is 10.1 Å². The highest BCUT2D eigenvalue weighted by molar-refractivity contribution is 7.15. The van der Waals surface area contributed by atoms with Crippen LogP contribution >= 0.6 is 11.3 Å². The molecule has 0 spiro atoms. The summed E-state index contributed by atoms with van der Waals surface area (Å²) in [6, 6.07) is 14.7. The molecule has 0 amide bonds. The summed E-state index contributed by atoms with van der Waals surface area (Å²) in [7, 11) is 0. The molecule has 0 aliphatic rings. The third-order valence-corrected chi connectivity index (χ3v) is 5.81. The van der Waals surface area contributed by atoms with Gasteiger partial charge in [-0.15, -0.1) is 5.10 Å². The van der Waals surface area contributed by atoms with Crippen LogP contribution in [-0.2, 0) is 6.42 Å². The molecule has 0 bridgehead atoms. The van der Waals surface area contributed by atoms with E-state index in [1.54, 1.807) is 18.2 Å². The standard InChI is InChI=1S/C23H22FN3OS/c1-14(2)11-16-7-9-18(10-8-16)15(3)21-25-23-27(26-21)22(28)20(29-23)13-17-5-4-6-19(24)12-17/h4-10,12-15H,11H2,1-3H3/b20-13-. The smallest absolute Gasteiger partial charge is 0.266 e. The first-order valence-corrected chi connectivity index (χ1v) is 10.5. The minimum absolute atomic E-state index is 0.00903. The highest BCUT2D eigenvalue weighted by Crippen LogP contribution is 2.23. The zero-order valence-electron chi connectivity index (χ0n) is 16.6. The van der Waals surface area contributed by atoms with Crippen molar-refractivity contribution in [2.75, 3.05) is 0 Å². The first kappa shape index (κ1) is 19.5. The number of hydrogen-bond donors (Lipinski definition) is 0. The van der Waals surface area contributed by atoms with Gasteiger partial charge in [-0.05, 0) is 47.2 Å². The van der Waals surface area contributed by atoms with E-state index in [1.165, 1.54) is 33.5 Å². The number of thiazole rings is 1. The highest BCUT2D eigenvalue weighted by atomic mass is 32.1. The summed E-state index contributed by atoms with van der Waals surface area (Å²) < 4.78 is 15.2. The molecule has 4 nitrogen and oxygen atoms in total. The maximum Gasteiger partial charge on any atom is 0.291 e. The molecule has 2 aromatic carbocycles. The van der Waals surface area contributed by atoms with Gasteiger partial charge in [-0.1, -0.05) is 68.5 Å². The zero-order chi connectivity index (χ0) is 20.5. The lowest BCUT2D eigenvalue weighted by Crippen LogP contribution is -2.24. The van der Waals surface area contributed by atoms with Crippen LogP contribution in [0.15, 0.2) is 53.3 Å². The van der Waals surface area contributed by atoms with Gasteiger partial charge >= 0.3 is 0 Å². The Balaban J connectivity index is 1.64. The van der Waals surface area contributed by atoms with Crippen LogP contribution in [0.2, 0.25) is 0 Å². The van der Waals surface area contributed by atoms with Crippen LogP contribution in [-0.4, -0.2) is 14.6 Å². The van der Waals surface area contributed by atoms with E-state index in [9.17, 15) is 9.18 Å². The summed E-state index contributed by atoms with van der Waals surface area (Å²) >= 11 is 1.27. The predicted octanol–water partition coefficient (Wildman–Crippen LogP) is 4.19. The minimum Gasteiger partial charge on any atom is -0.266 e. The molecule has 29 heavy (non-hydrogen) atoms. The fraction of sp³-hybridized carbons (Fsp3) is 0.261. The van der Waals surface area contributed by atoms with Crippen molar-refractivity contribution < 1.29 is 4.39 Å². The Morgan fingerprint density at radius 2 is 1.90 bits per heavy atom. The fourth-order valence-electron chi connectivity index (χ4n) is 3.34. The van der Waals surface area contributed by atoms with Crippen LogP contribution in [0.4, 0.5) is 4.39 Å². The number of halogens is 1. The van der Waals surface area contributed by atoms with Crippen molar-refractivity contribution in [3.05, 3.63) is 91.7 Å². The van der Waals surface area contributed by atoms with Crippen molar-refractivity contribution in [3.8, 4) is 0 Å². The van der Waals surface area contributed by atoms with Crippen molar-refractivity contribution in [2.24, 2.45) is 5.92 Å². The molecule has 4 aromatic rings. The summed E-state index contributed by atoms with van der Waals surface area (Å²) in [4.78, 5) is 17.8. The molecule has 2 heterocycles. The van der Waals surface area contributed by atoms with E-state index < -0.39 is 0 Å². The van der Waals surface area contributed by atoms with E-state index in [1.807, 2.05) is 6.92 Å². The Morgan fingerprint density at radius 1 is 1.14 bits per heavy atom. The van der Waals surface area contributed by atoms with Crippen LogP contribution in [0.5, 0.6) is 0 Å². The number of nitrogens with zero attached hydrogens (tertiary/aromatic N) is 3. The second-order valence-electron chi connectivity index (χ2n) is 7.70. The van der Waals surface area contributed by atoms with E-state index in [-0.39, 0.29) is 17.3 Å². The molecule has 0 saturated heterocycles. The van der Waals surface area contributed by atoms with Crippen LogP contribution in [0.3, 0.4) is 0 Å². The molecule has 0 aliphatic carbocycles. The van der Waals surface area contributed by atoms with Gasteiger partial charge in [0.2, 0.25) is 4.96 Å². The monoisotopic (exact) mass is 407 g/mol. The largest absolute Gasteiger partial charge is 0.291 e. The van der Waals surface area contributed by atoms with Crippen LogP contribution in [0, 0.1) is 11.7 Å². The van der Waals surface area contributed by atoms with Gasteiger partial charge in [0.05, 0.1) is 4.53 Å². The van der Waals surface area contributed by atoms with Gasteiger partial charge in [0.25, 0.3) is 5.56 Å². The predicted molar refractivity (Wildman–Crippen MR) is 115 cm³/mol. The van der Waals surface area contributed by atoms with Gasteiger partial charge in [-0.3, -0.25) is 4.79 Å². The minimum atomic E-state index is -0.332. The third-order valence-electron chi connectivity index (χ3n) is 4.86. The summed E-state index contributed by atoms with van der Waals surface area (Å²) in [6.45, 7) is 6.46. The van der Waals surface area contributed by atoms with Crippen LogP contribution in [0.25, 0.3) is 11.0 Å². The van der Waals surface area contributed by atoms with E-state index in [0.29, 0.717) is 26.8 Å². The summed E-state index contributed by atoms with van der Waals surface area (Å²) in [5.74, 6) is 0.905. The Morgan fingerprint density at radius 3 is 2.55 bits per heavy atom. The van der Waals surface area contributed by atoms with Gasteiger partial charge < -0.3 is 0 Å². The topological polar surface area (TPSA) is 47.3 Å². The molecule has 148 valence electrons. The summed E-state index contributed by atoms with van der Waals surface area (Å²) in [5.41, 5.74) is 2.85. The Labute approximate surface area is 172 Å². The fourth-order valence-corrected chi connectivity index (χ4v) is 4.26. The zero-order valence-corrected chi connectivity index (χ0v) is 17.4. The molecular weight excluding hydrogens is 385 g/mol. The Bertz CT molecular complexity index is 1260. The molecule has 0 N–H and O–H groups in total. The summed E-state index contributed by atoms with van der Waals surface area (Å²) in [5, 5.41) is 4.45. The van der Waals surface area contributed by atoms with E-state index in [2.05, 4.69) is 48.2 Å². The SMILES string of the molecule is CC(C)Cc1ccc(C(C)c2nc3s/c(=C\c4cccc(F)c4)c(=O)n3n2)cc1. The number of fused-ring (bicyclic) bond motifs is 1. The average Bonchev–Trinajstić information content (AvgIpc) is 3.21. The van der Waals surface area contributed by atoms with Gasteiger partial charge in [-0.25, -0.2) is 9.37 Å².